The number of rotatable bonds is 1. The van der Waals surface area contributed by atoms with Gasteiger partial charge >= 0.3 is 0 Å². The molecule has 0 saturated carbocycles. The second-order valence-corrected chi connectivity index (χ2v) is 4.81. The summed E-state index contributed by atoms with van der Waals surface area (Å²) in [7, 11) is 0. The summed E-state index contributed by atoms with van der Waals surface area (Å²) in [5, 5.41) is 0. The fourth-order valence-electron chi connectivity index (χ4n) is 2.29. The first-order valence-corrected chi connectivity index (χ1v) is 6.07. The summed E-state index contributed by atoms with van der Waals surface area (Å²) in [6.45, 7) is 5.10. The molecule has 0 bridgehead atoms. The van der Waals surface area contributed by atoms with Gasteiger partial charge in [0.15, 0.2) is 0 Å². The standard InChI is InChI=1S/C13H19N3O2/c1-8-6-16(7-9(2)18-8)13(17)11-4-3-10(14)5-12(11)15/h3-5,8-9H,6-7,14-15H2,1-2H3. The normalized spacial score (nSPS) is 24.0. The maximum Gasteiger partial charge on any atom is 0.256 e. The van der Waals surface area contributed by atoms with Crippen molar-refractivity contribution in [1.82, 2.24) is 4.90 Å². The van der Waals surface area contributed by atoms with Crippen LogP contribution in [0.3, 0.4) is 0 Å². The molecule has 1 amide bonds. The third-order valence-electron chi connectivity index (χ3n) is 3.01. The van der Waals surface area contributed by atoms with E-state index in [1.165, 1.54) is 0 Å². The fourth-order valence-corrected chi connectivity index (χ4v) is 2.29. The van der Waals surface area contributed by atoms with Gasteiger partial charge in [-0.15, -0.1) is 0 Å². The quantitative estimate of drug-likeness (QED) is 0.730. The highest BCUT2D eigenvalue weighted by Crippen LogP contribution is 2.20. The SMILES string of the molecule is CC1CN(C(=O)c2ccc(N)cc2N)CC(C)O1. The number of nitrogens with two attached hydrogens (primary N) is 2. The Bertz CT molecular complexity index is 452. The first-order valence-electron chi connectivity index (χ1n) is 6.07. The summed E-state index contributed by atoms with van der Waals surface area (Å²) in [5.74, 6) is -0.0606. The zero-order valence-corrected chi connectivity index (χ0v) is 10.7. The van der Waals surface area contributed by atoms with Crippen molar-refractivity contribution >= 4 is 17.3 Å². The minimum absolute atomic E-state index is 0.0488. The van der Waals surface area contributed by atoms with Crippen LogP contribution in [0.1, 0.15) is 24.2 Å². The molecule has 98 valence electrons. The molecule has 2 atom stereocenters. The van der Waals surface area contributed by atoms with Crippen LogP contribution in [0.4, 0.5) is 11.4 Å². The van der Waals surface area contributed by atoms with Crippen molar-refractivity contribution in [3.63, 3.8) is 0 Å². The molecule has 2 unspecified atom stereocenters. The molecule has 1 saturated heterocycles. The molecule has 18 heavy (non-hydrogen) atoms. The van der Waals surface area contributed by atoms with Gasteiger partial charge in [-0.25, -0.2) is 0 Å². The molecule has 5 heteroatoms. The maximum absolute atomic E-state index is 12.4. The second-order valence-electron chi connectivity index (χ2n) is 4.81. The monoisotopic (exact) mass is 249 g/mol. The van der Waals surface area contributed by atoms with Gasteiger partial charge in [0.2, 0.25) is 0 Å². The topological polar surface area (TPSA) is 81.6 Å². The molecule has 1 aromatic carbocycles. The van der Waals surface area contributed by atoms with Gasteiger partial charge in [0.05, 0.1) is 17.8 Å². The number of anilines is 2. The molecule has 1 fully saturated rings. The Morgan fingerprint density at radius 1 is 1.28 bits per heavy atom. The molecule has 0 aromatic heterocycles. The Morgan fingerprint density at radius 2 is 1.89 bits per heavy atom. The van der Waals surface area contributed by atoms with E-state index < -0.39 is 0 Å². The summed E-state index contributed by atoms with van der Waals surface area (Å²) in [6, 6.07) is 4.98. The number of ether oxygens (including phenoxy) is 1. The molecule has 1 aromatic rings. The van der Waals surface area contributed by atoms with Crippen molar-refractivity contribution in [3.8, 4) is 0 Å². The van der Waals surface area contributed by atoms with Gasteiger partial charge in [0, 0.05) is 24.5 Å². The van der Waals surface area contributed by atoms with Gasteiger partial charge in [-0.05, 0) is 32.0 Å². The maximum atomic E-state index is 12.4. The van der Waals surface area contributed by atoms with Crippen LogP contribution in [-0.2, 0) is 4.74 Å². The smallest absolute Gasteiger partial charge is 0.256 e. The molecular weight excluding hydrogens is 230 g/mol. The highest BCUT2D eigenvalue weighted by molar-refractivity contribution is 5.99. The average molecular weight is 249 g/mol. The third kappa shape index (κ3) is 2.56. The van der Waals surface area contributed by atoms with Gasteiger partial charge in [0.1, 0.15) is 0 Å². The zero-order valence-electron chi connectivity index (χ0n) is 10.7. The van der Waals surface area contributed by atoms with Crippen molar-refractivity contribution in [2.45, 2.75) is 26.1 Å². The van der Waals surface area contributed by atoms with Crippen LogP contribution >= 0.6 is 0 Å². The molecule has 5 nitrogen and oxygen atoms in total. The molecule has 0 radical (unpaired) electrons. The summed E-state index contributed by atoms with van der Waals surface area (Å²) in [5.41, 5.74) is 13.0. The van der Waals surface area contributed by atoms with Gasteiger partial charge in [-0.2, -0.15) is 0 Å². The number of nitrogens with zero attached hydrogens (tertiary/aromatic N) is 1. The van der Waals surface area contributed by atoms with Crippen LogP contribution < -0.4 is 11.5 Å². The van der Waals surface area contributed by atoms with Crippen LogP contribution in [0.25, 0.3) is 0 Å². The number of carbonyl (C=O) groups is 1. The molecule has 4 N–H and O–H groups in total. The molecule has 2 rings (SSSR count). The predicted octanol–water partition coefficient (Wildman–Crippen LogP) is 1.10. The fraction of sp³-hybridized carbons (Fsp3) is 0.462. The van der Waals surface area contributed by atoms with Crippen molar-refractivity contribution < 1.29 is 9.53 Å². The molecule has 1 aliphatic heterocycles. The van der Waals surface area contributed by atoms with Crippen LogP contribution in [0.15, 0.2) is 18.2 Å². The predicted molar refractivity (Wildman–Crippen MR) is 71.2 cm³/mol. The van der Waals surface area contributed by atoms with Crippen molar-refractivity contribution in [1.29, 1.82) is 0 Å². The second kappa shape index (κ2) is 4.86. The summed E-state index contributed by atoms with van der Waals surface area (Å²) in [6.07, 6.45) is 0.0976. The number of amides is 1. The number of carbonyl (C=O) groups excluding carboxylic acids is 1. The lowest BCUT2D eigenvalue weighted by Gasteiger charge is -2.35. The lowest BCUT2D eigenvalue weighted by molar-refractivity contribution is -0.0585. The molecule has 0 aliphatic carbocycles. The molecular formula is C13H19N3O2. The van der Waals surface area contributed by atoms with E-state index in [2.05, 4.69) is 0 Å². The van der Waals surface area contributed by atoms with Gasteiger partial charge in [-0.1, -0.05) is 0 Å². The van der Waals surface area contributed by atoms with E-state index in [0.29, 0.717) is 30.0 Å². The Kier molecular flexibility index (Phi) is 3.43. The van der Waals surface area contributed by atoms with Crippen LogP contribution in [0, 0.1) is 0 Å². The van der Waals surface area contributed by atoms with Crippen molar-refractivity contribution in [2.24, 2.45) is 0 Å². The highest BCUT2D eigenvalue weighted by atomic mass is 16.5. The zero-order chi connectivity index (χ0) is 13.3. The van der Waals surface area contributed by atoms with Crippen LogP contribution in [-0.4, -0.2) is 36.1 Å². The minimum Gasteiger partial charge on any atom is -0.399 e. The van der Waals surface area contributed by atoms with E-state index in [4.69, 9.17) is 16.2 Å². The Labute approximate surface area is 107 Å². The van der Waals surface area contributed by atoms with Gasteiger partial charge in [0.25, 0.3) is 5.91 Å². The Hall–Kier alpha value is -1.75. The van der Waals surface area contributed by atoms with E-state index in [1.54, 1.807) is 23.1 Å². The van der Waals surface area contributed by atoms with Crippen LogP contribution in [0.5, 0.6) is 0 Å². The third-order valence-corrected chi connectivity index (χ3v) is 3.01. The van der Waals surface area contributed by atoms with E-state index >= 15 is 0 Å². The lowest BCUT2D eigenvalue weighted by Crippen LogP contribution is -2.48. The largest absolute Gasteiger partial charge is 0.399 e. The number of morpholine rings is 1. The number of nitrogen functional groups attached to an aromatic ring is 2. The number of hydrogen-bond donors (Lipinski definition) is 2. The number of benzene rings is 1. The van der Waals surface area contributed by atoms with E-state index in [-0.39, 0.29) is 18.1 Å². The van der Waals surface area contributed by atoms with Crippen molar-refractivity contribution in [3.05, 3.63) is 23.8 Å². The first-order chi connectivity index (χ1) is 8.47. The van der Waals surface area contributed by atoms with E-state index in [0.717, 1.165) is 0 Å². The summed E-state index contributed by atoms with van der Waals surface area (Å²) < 4.78 is 5.61. The number of hydrogen-bond acceptors (Lipinski definition) is 4. The lowest BCUT2D eigenvalue weighted by atomic mass is 10.1. The van der Waals surface area contributed by atoms with Gasteiger partial charge < -0.3 is 21.1 Å². The molecule has 1 heterocycles. The average Bonchev–Trinajstić information content (AvgIpc) is 2.26. The summed E-state index contributed by atoms with van der Waals surface area (Å²) in [4.78, 5) is 14.2. The minimum atomic E-state index is -0.0606. The molecule has 0 spiro atoms. The first kappa shape index (κ1) is 12.7. The Balaban J connectivity index is 2.20. The van der Waals surface area contributed by atoms with Gasteiger partial charge in [-0.3, -0.25) is 4.79 Å². The summed E-state index contributed by atoms with van der Waals surface area (Å²) >= 11 is 0. The molecule has 1 aliphatic rings. The highest BCUT2D eigenvalue weighted by Gasteiger charge is 2.27. The van der Waals surface area contributed by atoms with E-state index in [1.807, 2.05) is 13.8 Å². The van der Waals surface area contributed by atoms with Crippen molar-refractivity contribution in [2.75, 3.05) is 24.6 Å². The Morgan fingerprint density at radius 3 is 2.44 bits per heavy atom. The van der Waals surface area contributed by atoms with Crippen LogP contribution in [0.2, 0.25) is 0 Å². The van der Waals surface area contributed by atoms with E-state index in [9.17, 15) is 4.79 Å².